The van der Waals surface area contributed by atoms with Crippen LogP contribution in [0, 0.1) is 6.92 Å². The van der Waals surface area contributed by atoms with Gasteiger partial charge in [0, 0.05) is 49.6 Å². The number of hydrogen-bond donors (Lipinski definition) is 0. The van der Waals surface area contributed by atoms with Gasteiger partial charge in [0.25, 0.3) is 5.56 Å². The number of ether oxygens (including phenoxy) is 4. The fraction of sp³-hybridized carbons (Fsp3) is 0.516. The number of rotatable bonds is 9. The minimum atomic E-state index is -0.0405. The minimum Gasteiger partial charge on any atom is -0.491 e. The molecule has 3 aliphatic heterocycles. The van der Waals surface area contributed by atoms with E-state index >= 15 is 0 Å². The SMILES string of the molecule is COCCN1[C@@H]2CC[C@H]1C[C@@H](Oc1ccc(-n3ccc4cc(OC[C@H]5CCCO5)ccc4c3=O)cc1C)C2. The number of piperidine rings is 1. The monoisotopic (exact) mass is 518 g/mol. The Balaban J connectivity index is 1.14. The number of benzene rings is 2. The van der Waals surface area contributed by atoms with Crippen LogP contribution in [0.4, 0.5) is 0 Å². The lowest BCUT2D eigenvalue weighted by Gasteiger charge is -2.38. The van der Waals surface area contributed by atoms with E-state index in [0.29, 0.717) is 24.1 Å². The maximum atomic E-state index is 13.4. The highest BCUT2D eigenvalue weighted by Crippen LogP contribution is 2.37. The second-order valence-corrected chi connectivity index (χ2v) is 11.0. The van der Waals surface area contributed by atoms with Gasteiger partial charge in [0.15, 0.2) is 0 Å². The van der Waals surface area contributed by atoms with Gasteiger partial charge >= 0.3 is 0 Å². The molecule has 3 saturated heterocycles. The molecule has 2 bridgehead atoms. The van der Waals surface area contributed by atoms with Gasteiger partial charge < -0.3 is 18.9 Å². The van der Waals surface area contributed by atoms with Crippen molar-refractivity contribution in [3.8, 4) is 17.2 Å². The van der Waals surface area contributed by atoms with Gasteiger partial charge in [-0.3, -0.25) is 14.3 Å². The number of pyridine rings is 1. The smallest absolute Gasteiger partial charge is 0.262 e. The number of fused-ring (bicyclic) bond motifs is 3. The minimum absolute atomic E-state index is 0.0405. The number of methoxy groups -OCH3 is 1. The highest BCUT2D eigenvalue weighted by atomic mass is 16.5. The Bertz CT molecular complexity index is 1320. The van der Waals surface area contributed by atoms with Crippen molar-refractivity contribution in [1.82, 2.24) is 9.47 Å². The fourth-order valence-corrected chi connectivity index (χ4v) is 6.46. The summed E-state index contributed by atoms with van der Waals surface area (Å²) < 4.78 is 25.1. The van der Waals surface area contributed by atoms with E-state index in [2.05, 4.69) is 11.8 Å². The molecule has 3 aliphatic rings. The molecule has 4 atom stereocenters. The number of hydrogen-bond acceptors (Lipinski definition) is 6. The van der Waals surface area contributed by atoms with E-state index in [4.69, 9.17) is 18.9 Å². The molecular weight excluding hydrogens is 480 g/mol. The zero-order valence-electron chi connectivity index (χ0n) is 22.4. The van der Waals surface area contributed by atoms with E-state index in [1.54, 1.807) is 11.7 Å². The number of aryl methyl sites for hydroxylation is 1. The second kappa shape index (κ2) is 11.1. The van der Waals surface area contributed by atoms with Crippen molar-refractivity contribution < 1.29 is 18.9 Å². The summed E-state index contributed by atoms with van der Waals surface area (Å²) in [5, 5.41) is 1.55. The van der Waals surface area contributed by atoms with Gasteiger partial charge in [-0.25, -0.2) is 0 Å². The van der Waals surface area contributed by atoms with Crippen molar-refractivity contribution in [2.45, 2.75) is 69.7 Å². The van der Waals surface area contributed by atoms with Crippen molar-refractivity contribution in [3.63, 3.8) is 0 Å². The summed E-state index contributed by atoms with van der Waals surface area (Å²) in [6.07, 6.45) is 8.99. The maximum Gasteiger partial charge on any atom is 0.262 e. The zero-order chi connectivity index (χ0) is 26.1. The normalized spacial score (nSPS) is 25.2. The summed E-state index contributed by atoms with van der Waals surface area (Å²) in [5.41, 5.74) is 1.85. The molecule has 0 saturated carbocycles. The van der Waals surface area contributed by atoms with Crippen LogP contribution in [0.5, 0.6) is 11.5 Å². The molecule has 0 amide bonds. The topological polar surface area (TPSA) is 62.2 Å². The third-order valence-electron chi connectivity index (χ3n) is 8.46. The van der Waals surface area contributed by atoms with Gasteiger partial charge in [0.1, 0.15) is 24.2 Å². The molecule has 7 nitrogen and oxygen atoms in total. The lowest BCUT2D eigenvalue weighted by atomic mass is 9.99. The van der Waals surface area contributed by atoms with Crippen molar-refractivity contribution in [3.05, 3.63) is 64.6 Å². The van der Waals surface area contributed by atoms with Gasteiger partial charge in [0.2, 0.25) is 0 Å². The summed E-state index contributed by atoms with van der Waals surface area (Å²) in [7, 11) is 1.77. The van der Waals surface area contributed by atoms with E-state index in [1.807, 2.05) is 48.7 Å². The summed E-state index contributed by atoms with van der Waals surface area (Å²) in [5.74, 6) is 1.67. The number of aromatic nitrogens is 1. The predicted octanol–water partition coefficient (Wildman–Crippen LogP) is 4.88. The van der Waals surface area contributed by atoms with Gasteiger partial charge in [-0.2, -0.15) is 0 Å². The first-order chi connectivity index (χ1) is 18.6. The molecule has 2 aromatic carbocycles. The average molecular weight is 519 g/mol. The van der Waals surface area contributed by atoms with Gasteiger partial charge in [-0.05, 0) is 98.9 Å². The lowest BCUT2D eigenvalue weighted by molar-refractivity contribution is 0.0328. The molecule has 3 aromatic rings. The third-order valence-corrected chi connectivity index (χ3v) is 8.46. The first kappa shape index (κ1) is 25.4. The molecule has 1 aromatic heterocycles. The Labute approximate surface area is 224 Å². The predicted molar refractivity (Wildman–Crippen MR) is 148 cm³/mol. The standard InChI is InChI=1S/C31H38N2O5/c1-21-16-23(7-10-30(21)38-28-18-24-5-6-25(19-28)32(24)13-15-35-2)33-12-11-22-17-26(8-9-29(22)31(33)34)37-20-27-4-3-14-36-27/h7-12,16-17,24-25,27-28H,3-6,13-15,18-20H2,1-2H3/t24-,25+,27-,28+/m1/s1. The van der Waals surface area contributed by atoms with Gasteiger partial charge in [0.05, 0.1) is 12.7 Å². The molecule has 0 unspecified atom stereocenters. The van der Waals surface area contributed by atoms with E-state index in [0.717, 1.165) is 73.6 Å². The first-order valence-corrected chi connectivity index (χ1v) is 14.0. The van der Waals surface area contributed by atoms with Crippen LogP contribution < -0.4 is 15.0 Å². The highest BCUT2D eigenvalue weighted by Gasteiger charge is 2.41. The summed E-state index contributed by atoms with van der Waals surface area (Å²) in [6.45, 7) is 5.22. The van der Waals surface area contributed by atoms with Crippen LogP contribution >= 0.6 is 0 Å². The van der Waals surface area contributed by atoms with E-state index in [-0.39, 0.29) is 17.8 Å². The Morgan fingerprint density at radius 2 is 1.87 bits per heavy atom. The molecule has 0 radical (unpaired) electrons. The van der Waals surface area contributed by atoms with Crippen LogP contribution in [0.25, 0.3) is 16.5 Å². The van der Waals surface area contributed by atoms with E-state index in [1.165, 1.54) is 12.8 Å². The van der Waals surface area contributed by atoms with Crippen LogP contribution in [0.15, 0.2) is 53.5 Å². The molecule has 0 N–H and O–H groups in total. The third kappa shape index (κ3) is 5.20. The van der Waals surface area contributed by atoms with E-state index < -0.39 is 0 Å². The van der Waals surface area contributed by atoms with Crippen LogP contribution in [0.1, 0.15) is 44.1 Å². The van der Waals surface area contributed by atoms with Crippen LogP contribution in [-0.4, -0.2) is 67.2 Å². The van der Waals surface area contributed by atoms with Crippen molar-refractivity contribution in [2.75, 3.05) is 33.5 Å². The molecule has 4 heterocycles. The second-order valence-electron chi connectivity index (χ2n) is 11.0. The average Bonchev–Trinajstić information content (AvgIpc) is 3.53. The number of nitrogens with zero attached hydrogens (tertiary/aromatic N) is 2. The maximum absolute atomic E-state index is 13.4. The van der Waals surface area contributed by atoms with Crippen LogP contribution in [0.3, 0.4) is 0 Å². The summed E-state index contributed by atoms with van der Waals surface area (Å²) in [6, 6.07) is 14.9. The molecule has 202 valence electrons. The lowest BCUT2D eigenvalue weighted by Crippen LogP contribution is -2.47. The van der Waals surface area contributed by atoms with Crippen molar-refractivity contribution in [1.29, 1.82) is 0 Å². The Morgan fingerprint density at radius 3 is 2.61 bits per heavy atom. The summed E-state index contributed by atoms with van der Waals surface area (Å²) >= 11 is 0. The van der Waals surface area contributed by atoms with Gasteiger partial charge in [-0.1, -0.05) is 0 Å². The molecule has 6 rings (SSSR count). The molecule has 38 heavy (non-hydrogen) atoms. The van der Waals surface area contributed by atoms with Crippen molar-refractivity contribution in [2.24, 2.45) is 0 Å². The molecule has 0 aliphatic carbocycles. The summed E-state index contributed by atoms with van der Waals surface area (Å²) in [4.78, 5) is 16.0. The quantitative estimate of drug-likeness (QED) is 0.403. The van der Waals surface area contributed by atoms with Gasteiger partial charge in [-0.15, -0.1) is 0 Å². The first-order valence-electron chi connectivity index (χ1n) is 14.0. The Kier molecular flexibility index (Phi) is 7.41. The zero-order valence-corrected chi connectivity index (χ0v) is 22.4. The van der Waals surface area contributed by atoms with Crippen molar-refractivity contribution >= 4 is 10.8 Å². The molecule has 0 spiro atoms. The Morgan fingerprint density at radius 1 is 1.03 bits per heavy atom. The fourth-order valence-electron chi connectivity index (χ4n) is 6.46. The van der Waals surface area contributed by atoms with Crippen LogP contribution in [0.2, 0.25) is 0 Å². The molecule has 7 heteroatoms. The largest absolute Gasteiger partial charge is 0.491 e. The molecular formula is C31H38N2O5. The van der Waals surface area contributed by atoms with E-state index in [9.17, 15) is 4.79 Å². The van der Waals surface area contributed by atoms with Crippen LogP contribution in [-0.2, 0) is 9.47 Å². The molecule has 3 fully saturated rings. The highest BCUT2D eigenvalue weighted by molar-refractivity contribution is 5.83. The Hall–Kier alpha value is -2.87.